The Morgan fingerprint density at radius 3 is 2.61 bits per heavy atom. The van der Waals surface area contributed by atoms with Crippen LogP contribution in [0.4, 0.5) is 0 Å². The first-order valence-electron chi connectivity index (χ1n) is 5.92. The van der Waals surface area contributed by atoms with E-state index in [9.17, 15) is 0 Å². The highest BCUT2D eigenvalue weighted by Crippen LogP contribution is 2.17. The Morgan fingerprint density at radius 2 is 2.00 bits per heavy atom. The zero-order valence-corrected chi connectivity index (χ0v) is 10.6. The van der Waals surface area contributed by atoms with Gasteiger partial charge in [-0.3, -0.25) is 0 Å². The fourth-order valence-electron chi connectivity index (χ4n) is 1.69. The molecule has 0 aliphatic carbocycles. The summed E-state index contributed by atoms with van der Waals surface area (Å²) < 4.78 is 5.14. The minimum absolute atomic E-state index is 0.269. The van der Waals surface area contributed by atoms with Gasteiger partial charge >= 0.3 is 0 Å². The van der Waals surface area contributed by atoms with Gasteiger partial charge in [-0.25, -0.2) is 9.97 Å². The van der Waals surface area contributed by atoms with Crippen molar-refractivity contribution < 1.29 is 4.74 Å². The minimum Gasteiger partial charge on any atom is -0.497 e. The van der Waals surface area contributed by atoms with E-state index in [2.05, 4.69) is 34.3 Å². The smallest absolute Gasteiger partial charge is 0.118 e. The third kappa shape index (κ3) is 3.28. The molecular formula is C14H17N3O. The molecule has 1 aromatic heterocycles. The van der Waals surface area contributed by atoms with Gasteiger partial charge < -0.3 is 10.1 Å². The summed E-state index contributed by atoms with van der Waals surface area (Å²) in [5.74, 6) is 0.877. The Labute approximate surface area is 107 Å². The zero-order valence-electron chi connectivity index (χ0n) is 10.6. The quantitative estimate of drug-likeness (QED) is 0.875. The van der Waals surface area contributed by atoms with Gasteiger partial charge in [0, 0.05) is 18.8 Å². The van der Waals surface area contributed by atoms with Crippen LogP contribution >= 0.6 is 0 Å². The monoisotopic (exact) mass is 243 g/mol. The maximum absolute atomic E-state index is 5.14. The number of nitrogens with zero attached hydrogens (tertiary/aromatic N) is 2. The summed E-state index contributed by atoms with van der Waals surface area (Å²) in [5.41, 5.74) is 2.22. The van der Waals surface area contributed by atoms with Crippen molar-refractivity contribution in [1.82, 2.24) is 15.3 Å². The summed E-state index contributed by atoms with van der Waals surface area (Å²) in [6, 6.07) is 10.3. The lowest BCUT2D eigenvalue weighted by Crippen LogP contribution is -2.18. The number of nitrogens with one attached hydrogen (secondary N) is 1. The van der Waals surface area contributed by atoms with Crippen molar-refractivity contribution in [3.63, 3.8) is 0 Å². The lowest BCUT2D eigenvalue weighted by Gasteiger charge is -2.14. The molecule has 18 heavy (non-hydrogen) atoms. The maximum atomic E-state index is 5.14. The lowest BCUT2D eigenvalue weighted by atomic mass is 10.1. The molecule has 1 aromatic carbocycles. The van der Waals surface area contributed by atoms with E-state index in [0.717, 1.165) is 18.0 Å². The number of hydrogen-bond acceptors (Lipinski definition) is 4. The fraction of sp³-hybridized carbons (Fsp3) is 0.286. The molecule has 0 aliphatic rings. The molecule has 94 valence electrons. The van der Waals surface area contributed by atoms with E-state index in [4.69, 9.17) is 4.74 Å². The van der Waals surface area contributed by atoms with Crippen molar-refractivity contribution in [2.75, 3.05) is 7.11 Å². The van der Waals surface area contributed by atoms with Crippen LogP contribution < -0.4 is 10.1 Å². The van der Waals surface area contributed by atoms with E-state index < -0.39 is 0 Å². The van der Waals surface area contributed by atoms with Crippen LogP contribution in [0, 0.1) is 0 Å². The molecule has 4 nitrogen and oxygen atoms in total. The average molecular weight is 243 g/mol. The highest BCUT2D eigenvalue weighted by Gasteiger charge is 2.05. The molecule has 0 aliphatic heterocycles. The Hall–Kier alpha value is -1.94. The highest BCUT2D eigenvalue weighted by molar-refractivity contribution is 5.28. The molecule has 0 amide bonds. The first-order chi connectivity index (χ1) is 8.79. The summed E-state index contributed by atoms with van der Waals surface area (Å²) in [6.45, 7) is 2.86. The van der Waals surface area contributed by atoms with Crippen molar-refractivity contribution in [2.24, 2.45) is 0 Å². The molecule has 2 aromatic rings. The molecule has 1 atom stereocenters. The van der Waals surface area contributed by atoms with Crippen LogP contribution in [0.2, 0.25) is 0 Å². The molecule has 4 heteroatoms. The van der Waals surface area contributed by atoms with E-state index in [1.165, 1.54) is 5.56 Å². The van der Waals surface area contributed by atoms with Crippen molar-refractivity contribution in [1.29, 1.82) is 0 Å². The number of ether oxygens (including phenoxy) is 1. The predicted molar refractivity (Wildman–Crippen MR) is 70.3 cm³/mol. The Kier molecular flexibility index (Phi) is 4.25. The van der Waals surface area contributed by atoms with Gasteiger partial charge in [-0.2, -0.15) is 0 Å². The maximum Gasteiger partial charge on any atom is 0.118 e. The molecular weight excluding hydrogens is 226 g/mol. The molecule has 0 fully saturated rings. The highest BCUT2D eigenvalue weighted by atomic mass is 16.5. The number of aromatic nitrogens is 2. The summed E-state index contributed by atoms with van der Waals surface area (Å²) >= 11 is 0. The Bertz CT molecular complexity index is 470. The van der Waals surface area contributed by atoms with Crippen molar-refractivity contribution >= 4 is 0 Å². The van der Waals surface area contributed by atoms with Gasteiger partial charge in [0.1, 0.15) is 12.1 Å². The second kappa shape index (κ2) is 6.12. The van der Waals surface area contributed by atoms with Gasteiger partial charge in [0.25, 0.3) is 0 Å². The van der Waals surface area contributed by atoms with Crippen LogP contribution in [0.3, 0.4) is 0 Å². The molecule has 1 heterocycles. The second-order valence-corrected chi connectivity index (χ2v) is 4.08. The van der Waals surface area contributed by atoms with Gasteiger partial charge in [-0.1, -0.05) is 12.1 Å². The van der Waals surface area contributed by atoms with Gasteiger partial charge in [0.2, 0.25) is 0 Å². The molecule has 1 N–H and O–H groups in total. The van der Waals surface area contributed by atoms with Crippen molar-refractivity contribution in [3.8, 4) is 5.75 Å². The van der Waals surface area contributed by atoms with E-state index in [0.29, 0.717) is 0 Å². The number of benzene rings is 1. The summed E-state index contributed by atoms with van der Waals surface area (Å²) in [5, 5.41) is 3.42. The first-order valence-corrected chi connectivity index (χ1v) is 5.92. The number of rotatable bonds is 5. The zero-order chi connectivity index (χ0) is 12.8. The first kappa shape index (κ1) is 12.5. The van der Waals surface area contributed by atoms with Crippen LogP contribution in [0.1, 0.15) is 24.2 Å². The van der Waals surface area contributed by atoms with Crippen LogP contribution in [0.5, 0.6) is 5.75 Å². The Balaban J connectivity index is 1.93. The largest absolute Gasteiger partial charge is 0.497 e. The number of hydrogen-bond donors (Lipinski definition) is 1. The number of methoxy groups -OCH3 is 1. The molecule has 2 rings (SSSR count). The second-order valence-electron chi connectivity index (χ2n) is 4.08. The van der Waals surface area contributed by atoms with Gasteiger partial charge in [0.15, 0.2) is 0 Å². The van der Waals surface area contributed by atoms with E-state index in [-0.39, 0.29) is 6.04 Å². The normalized spacial score (nSPS) is 12.1. The van der Waals surface area contributed by atoms with Crippen LogP contribution in [-0.4, -0.2) is 17.1 Å². The minimum atomic E-state index is 0.269. The molecule has 0 spiro atoms. The third-order valence-corrected chi connectivity index (χ3v) is 2.85. The predicted octanol–water partition coefficient (Wildman–Crippen LogP) is 2.34. The van der Waals surface area contributed by atoms with Crippen molar-refractivity contribution in [2.45, 2.75) is 19.5 Å². The lowest BCUT2D eigenvalue weighted by molar-refractivity contribution is 0.414. The van der Waals surface area contributed by atoms with E-state index in [1.54, 1.807) is 19.6 Å². The summed E-state index contributed by atoms with van der Waals surface area (Å²) in [6.07, 6.45) is 3.32. The van der Waals surface area contributed by atoms with Gasteiger partial charge in [0.05, 0.1) is 12.8 Å². The molecule has 0 unspecified atom stereocenters. The van der Waals surface area contributed by atoms with Gasteiger partial charge in [-0.15, -0.1) is 0 Å². The van der Waals surface area contributed by atoms with Crippen molar-refractivity contribution in [3.05, 3.63) is 54.1 Å². The van der Waals surface area contributed by atoms with Crippen LogP contribution in [0.15, 0.2) is 42.9 Å². The standard InChI is InChI=1S/C14H17N3O/c1-11(12-3-5-14(18-2)6-4-12)16-9-13-7-8-15-10-17-13/h3-8,10-11,16H,9H2,1-2H3/t11-/m0/s1. The summed E-state index contributed by atoms with van der Waals surface area (Å²) in [7, 11) is 1.67. The molecule has 0 saturated heterocycles. The topological polar surface area (TPSA) is 47.0 Å². The fourth-order valence-corrected chi connectivity index (χ4v) is 1.69. The SMILES string of the molecule is COc1ccc([C@H](C)NCc2ccncn2)cc1. The molecule has 0 radical (unpaired) electrons. The van der Waals surface area contributed by atoms with Crippen LogP contribution in [0.25, 0.3) is 0 Å². The van der Waals surface area contributed by atoms with Gasteiger partial charge in [-0.05, 0) is 30.7 Å². The average Bonchev–Trinajstić information content (AvgIpc) is 2.46. The third-order valence-electron chi connectivity index (χ3n) is 2.85. The van der Waals surface area contributed by atoms with E-state index >= 15 is 0 Å². The molecule has 0 bridgehead atoms. The van der Waals surface area contributed by atoms with Crippen LogP contribution in [-0.2, 0) is 6.54 Å². The Morgan fingerprint density at radius 1 is 1.22 bits per heavy atom. The van der Waals surface area contributed by atoms with E-state index in [1.807, 2.05) is 18.2 Å². The summed E-state index contributed by atoms with van der Waals surface area (Å²) in [4.78, 5) is 8.08. The molecule has 0 saturated carbocycles.